The van der Waals surface area contributed by atoms with Gasteiger partial charge in [0.1, 0.15) is 5.75 Å². The van der Waals surface area contributed by atoms with Gasteiger partial charge in [-0.25, -0.2) is 0 Å². The summed E-state index contributed by atoms with van der Waals surface area (Å²) in [5, 5.41) is 2.85. The van der Waals surface area contributed by atoms with Crippen LogP contribution in [0.15, 0.2) is 18.2 Å². The molecule has 0 aliphatic carbocycles. The number of hydrogen-bond acceptors (Lipinski definition) is 3. The summed E-state index contributed by atoms with van der Waals surface area (Å²) in [6.45, 7) is 4.00. The van der Waals surface area contributed by atoms with Crippen molar-refractivity contribution in [1.29, 1.82) is 0 Å². The molecule has 1 aromatic carbocycles. The molecule has 0 aliphatic heterocycles. The van der Waals surface area contributed by atoms with Crippen molar-refractivity contribution in [2.24, 2.45) is 5.73 Å². The van der Waals surface area contributed by atoms with E-state index in [0.717, 1.165) is 29.8 Å². The van der Waals surface area contributed by atoms with Gasteiger partial charge >= 0.3 is 0 Å². The highest BCUT2D eigenvalue weighted by Crippen LogP contribution is 2.21. The molecule has 0 radical (unpaired) electrons. The van der Waals surface area contributed by atoms with Crippen LogP contribution in [-0.4, -0.2) is 19.1 Å². The average molecular weight is 250 g/mol. The Morgan fingerprint density at radius 2 is 2.22 bits per heavy atom. The number of methoxy groups -OCH3 is 1. The van der Waals surface area contributed by atoms with Gasteiger partial charge in [0.2, 0.25) is 5.91 Å². The molecule has 1 atom stereocenters. The second-order valence-electron chi connectivity index (χ2n) is 4.49. The monoisotopic (exact) mass is 250 g/mol. The molecule has 100 valence electrons. The molecule has 3 N–H and O–H groups in total. The summed E-state index contributed by atoms with van der Waals surface area (Å²) < 4.78 is 5.17. The Hall–Kier alpha value is -1.55. The molecule has 0 bridgehead atoms. The Bertz CT molecular complexity index is 405. The van der Waals surface area contributed by atoms with E-state index in [1.165, 1.54) is 0 Å². The van der Waals surface area contributed by atoms with Crippen molar-refractivity contribution in [3.63, 3.8) is 0 Å². The first kappa shape index (κ1) is 14.5. The minimum Gasteiger partial charge on any atom is -0.496 e. The molecular formula is C14H22N2O2. The lowest BCUT2D eigenvalue weighted by Gasteiger charge is -2.12. The molecular weight excluding hydrogens is 228 g/mol. The maximum Gasteiger partial charge on any atom is 0.225 e. The van der Waals surface area contributed by atoms with Gasteiger partial charge < -0.3 is 15.8 Å². The molecule has 1 amide bonds. The highest BCUT2D eigenvalue weighted by molar-refractivity contribution is 5.91. The summed E-state index contributed by atoms with van der Waals surface area (Å²) in [4.78, 5) is 11.7. The number of anilines is 1. The molecule has 0 spiro atoms. The molecule has 0 saturated carbocycles. The topological polar surface area (TPSA) is 64.4 Å². The SMILES string of the molecule is CCCC(N)CC(=O)Nc1ccc(OC)c(C)c1. The zero-order valence-corrected chi connectivity index (χ0v) is 11.3. The number of ether oxygens (including phenoxy) is 1. The third-order valence-corrected chi connectivity index (χ3v) is 2.79. The fraction of sp³-hybridized carbons (Fsp3) is 0.500. The number of carbonyl (C=O) groups is 1. The standard InChI is InChI=1S/C14H22N2O2/c1-4-5-11(15)9-14(17)16-12-6-7-13(18-3)10(2)8-12/h6-8,11H,4-5,9,15H2,1-3H3,(H,16,17). The first-order valence-electron chi connectivity index (χ1n) is 6.27. The number of carbonyl (C=O) groups excluding carboxylic acids is 1. The van der Waals surface area contributed by atoms with E-state index < -0.39 is 0 Å². The van der Waals surface area contributed by atoms with Crippen molar-refractivity contribution in [2.75, 3.05) is 12.4 Å². The molecule has 0 heterocycles. The molecule has 1 aromatic rings. The first-order chi connectivity index (χ1) is 8.56. The summed E-state index contributed by atoms with van der Waals surface area (Å²) in [5.74, 6) is 0.774. The first-order valence-corrected chi connectivity index (χ1v) is 6.27. The molecule has 0 aromatic heterocycles. The van der Waals surface area contributed by atoms with Gasteiger partial charge in [0, 0.05) is 18.2 Å². The molecule has 4 nitrogen and oxygen atoms in total. The van der Waals surface area contributed by atoms with Crippen molar-refractivity contribution >= 4 is 11.6 Å². The number of rotatable bonds is 6. The van der Waals surface area contributed by atoms with E-state index in [9.17, 15) is 4.79 Å². The van der Waals surface area contributed by atoms with Crippen molar-refractivity contribution < 1.29 is 9.53 Å². The van der Waals surface area contributed by atoms with E-state index in [1.807, 2.05) is 25.1 Å². The third kappa shape index (κ3) is 4.37. The summed E-state index contributed by atoms with van der Waals surface area (Å²) in [7, 11) is 1.63. The highest BCUT2D eigenvalue weighted by Gasteiger charge is 2.09. The van der Waals surface area contributed by atoms with Crippen LogP contribution in [0, 0.1) is 6.92 Å². The molecule has 4 heteroatoms. The van der Waals surface area contributed by atoms with Crippen molar-refractivity contribution in [2.45, 2.75) is 39.2 Å². The van der Waals surface area contributed by atoms with Crippen LogP contribution in [0.1, 0.15) is 31.7 Å². The van der Waals surface area contributed by atoms with Gasteiger partial charge in [-0.15, -0.1) is 0 Å². The van der Waals surface area contributed by atoms with Crippen molar-refractivity contribution in [3.8, 4) is 5.75 Å². The largest absolute Gasteiger partial charge is 0.496 e. The van der Waals surface area contributed by atoms with Gasteiger partial charge in [-0.05, 0) is 37.1 Å². The predicted octanol–water partition coefficient (Wildman–Crippen LogP) is 2.46. The molecule has 1 unspecified atom stereocenters. The predicted molar refractivity (Wildman–Crippen MR) is 73.9 cm³/mol. The van der Waals surface area contributed by atoms with Gasteiger partial charge in [0.15, 0.2) is 0 Å². The fourth-order valence-corrected chi connectivity index (χ4v) is 1.88. The normalized spacial score (nSPS) is 12.0. The lowest BCUT2D eigenvalue weighted by Crippen LogP contribution is -2.26. The Kier molecular flexibility index (Phi) is 5.65. The van der Waals surface area contributed by atoms with E-state index in [4.69, 9.17) is 10.5 Å². The van der Waals surface area contributed by atoms with Crippen LogP contribution < -0.4 is 15.8 Å². The molecule has 0 aliphatic rings. The van der Waals surface area contributed by atoms with E-state index in [-0.39, 0.29) is 11.9 Å². The zero-order chi connectivity index (χ0) is 13.5. The number of benzene rings is 1. The van der Waals surface area contributed by atoms with Gasteiger partial charge in [0.25, 0.3) is 0 Å². The van der Waals surface area contributed by atoms with Gasteiger partial charge in [-0.3, -0.25) is 4.79 Å². The smallest absolute Gasteiger partial charge is 0.225 e. The van der Waals surface area contributed by atoms with Gasteiger partial charge in [0.05, 0.1) is 7.11 Å². The van der Waals surface area contributed by atoms with Crippen LogP contribution >= 0.6 is 0 Å². The zero-order valence-electron chi connectivity index (χ0n) is 11.3. The number of nitrogens with one attached hydrogen (secondary N) is 1. The lowest BCUT2D eigenvalue weighted by molar-refractivity contribution is -0.116. The molecule has 18 heavy (non-hydrogen) atoms. The molecule has 1 rings (SSSR count). The number of hydrogen-bond donors (Lipinski definition) is 2. The minimum absolute atomic E-state index is 0.0412. The fourth-order valence-electron chi connectivity index (χ4n) is 1.88. The van der Waals surface area contributed by atoms with E-state index in [0.29, 0.717) is 6.42 Å². The second-order valence-corrected chi connectivity index (χ2v) is 4.49. The lowest BCUT2D eigenvalue weighted by atomic mass is 10.1. The maximum atomic E-state index is 11.7. The third-order valence-electron chi connectivity index (χ3n) is 2.79. The van der Waals surface area contributed by atoms with Crippen LogP contribution in [0.3, 0.4) is 0 Å². The van der Waals surface area contributed by atoms with E-state index >= 15 is 0 Å². The number of nitrogens with two attached hydrogens (primary N) is 1. The van der Waals surface area contributed by atoms with Crippen molar-refractivity contribution in [3.05, 3.63) is 23.8 Å². The van der Waals surface area contributed by atoms with Crippen molar-refractivity contribution in [1.82, 2.24) is 0 Å². The summed E-state index contributed by atoms with van der Waals surface area (Å²) in [5.41, 5.74) is 7.61. The molecule has 0 fully saturated rings. The Labute approximate surface area is 109 Å². The molecule has 0 saturated heterocycles. The average Bonchev–Trinajstić information content (AvgIpc) is 2.29. The van der Waals surface area contributed by atoms with Gasteiger partial charge in [-0.1, -0.05) is 13.3 Å². The van der Waals surface area contributed by atoms with Crippen LogP contribution in [0.5, 0.6) is 5.75 Å². The Balaban J connectivity index is 2.57. The van der Waals surface area contributed by atoms with Crippen LogP contribution in [0.4, 0.5) is 5.69 Å². The van der Waals surface area contributed by atoms with Crippen LogP contribution in [0.25, 0.3) is 0 Å². The van der Waals surface area contributed by atoms with Crippen LogP contribution in [-0.2, 0) is 4.79 Å². The van der Waals surface area contributed by atoms with Gasteiger partial charge in [-0.2, -0.15) is 0 Å². The maximum absolute atomic E-state index is 11.7. The summed E-state index contributed by atoms with van der Waals surface area (Å²) in [6.07, 6.45) is 2.23. The Morgan fingerprint density at radius 1 is 1.50 bits per heavy atom. The quantitative estimate of drug-likeness (QED) is 0.815. The Morgan fingerprint density at radius 3 is 2.78 bits per heavy atom. The summed E-state index contributed by atoms with van der Waals surface area (Å²) in [6, 6.07) is 5.50. The van der Waals surface area contributed by atoms with E-state index in [1.54, 1.807) is 7.11 Å². The highest BCUT2D eigenvalue weighted by atomic mass is 16.5. The van der Waals surface area contributed by atoms with Crippen LogP contribution in [0.2, 0.25) is 0 Å². The summed E-state index contributed by atoms with van der Waals surface area (Å²) >= 11 is 0. The second kappa shape index (κ2) is 7.01. The number of amides is 1. The van der Waals surface area contributed by atoms with E-state index in [2.05, 4.69) is 12.2 Å². The number of aryl methyl sites for hydroxylation is 1. The minimum atomic E-state index is -0.0608.